The Morgan fingerprint density at radius 2 is 1.55 bits per heavy atom. The third-order valence-corrected chi connectivity index (χ3v) is 7.49. The van der Waals surface area contributed by atoms with Crippen molar-refractivity contribution in [3.8, 4) is 0 Å². The maximum atomic E-state index is 13.0. The highest BCUT2D eigenvalue weighted by atomic mass is 32.2. The molecule has 0 atom stereocenters. The second-order valence-electron chi connectivity index (χ2n) is 6.93. The number of thiophene rings is 1. The van der Waals surface area contributed by atoms with E-state index in [0.717, 1.165) is 30.4 Å². The molecule has 0 bridgehead atoms. The number of carboxylic acid groups (broad SMARTS) is 2. The van der Waals surface area contributed by atoms with Crippen molar-refractivity contribution in [2.75, 3.05) is 26.2 Å². The topological polar surface area (TPSA) is 115 Å². The van der Waals surface area contributed by atoms with Gasteiger partial charge in [-0.2, -0.15) is 15.6 Å². The highest BCUT2D eigenvalue weighted by Gasteiger charge is 2.28. The monoisotopic (exact) mass is 462 g/mol. The average Bonchev–Trinajstić information content (AvgIpc) is 3.27. The van der Waals surface area contributed by atoms with Crippen molar-refractivity contribution in [2.45, 2.75) is 11.4 Å². The largest absolute Gasteiger partial charge is 0.473 e. The van der Waals surface area contributed by atoms with Crippen molar-refractivity contribution in [3.05, 3.63) is 64.9 Å². The summed E-state index contributed by atoms with van der Waals surface area (Å²) < 4.78 is 27.5. The molecule has 2 aromatic carbocycles. The minimum atomic E-state index is -3.43. The van der Waals surface area contributed by atoms with E-state index in [1.807, 2.05) is 30.3 Å². The zero-order valence-corrected chi connectivity index (χ0v) is 18.2. The van der Waals surface area contributed by atoms with Crippen LogP contribution in [0.2, 0.25) is 0 Å². The quantitative estimate of drug-likeness (QED) is 0.573. The van der Waals surface area contributed by atoms with Crippen LogP contribution in [0.4, 0.5) is 0 Å². The molecule has 4 rings (SSSR count). The highest BCUT2D eigenvalue weighted by Crippen LogP contribution is 2.23. The smallest absolute Gasteiger partial charge is 0.414 e. The first-order valence-corrected chi connectivity index (χ1v) is 11.8. The van der Waals surface area contributed by atoms with Crippen molar-refractivity contribution in [2.24, 2.45) is 0 Å². The van der Waals surface area contributed by atoms with Crippen LogP contribution in [0.3, 0.4) is 0 Å². The lowest BCUT2D eigenvalue weighted by molar-refractivity contribution is -0.159. The van der Waals surface area contributed by atoms with E-state index < -0.39 is 22.0 Å². The SMILES string of the molecule is O=C(O)C(=O)O.O=S(=O)(c1ccc2ccccc2c1)N1CCN(Cc2ccsc2)CC1. The second-order valence-corrected chi connectivity index (χ2v) is 9.65. The van der Waals surface area contributed by atoms with Crippen LogP contribution in [0.5, 0.6) is 0 Å². The van der Waals surface area contributed by atoms with Crippen LogP contribution in [0, 0.1) is 0 Å². The van der Waals surface area contributed by atoms with Gasteiger partial charge in [0.1, 0.15) is 0 Å². The summed E-state index contributed by atoms with van der Waals surface area (Å²) in [6.45, 7) is 3.51. The number of hydrogen-bond donors (Lipinski definition) is 2. The molecule has 31 heavy (non-hydrogen) atoms. The van der Waals surface area contributed by atoms with Gasteiger partial charge < -0.3 is 10.2 Å². The van der Waals surface area contributed by atoms with Gasteiger partial charge in [0.2, 0.25) is 10.0 Å². The lowest BCUT2D eigenvalue weighted by Gasteiger charge is -2.33. The highest BCUT2D eigenvalue weighted by molar-refractivity contribution is 7.89. The number of fused-ring (bicyclic) bond motifs is 1. The molecule has 0 spiro atoms. The van der Waals surface area contributed by atoms with Crippen molar-refractivity contribution in [1.82, 2.24) is 9.21 Å². The predicted octanol–water partition coefficient (Wildman–Crippen LogP) is 2.56. The summed E-state index contributed by atoms with van der Waals surface area (Å²) in [7, 11) is -3.43. The number of rotatable bonds is 4. The van der Waals surface area contributed by atoms with Gasteiger partial charge >= 0.3 is 11.9 Å². The zero-order valence-electron chi connectivity index (χ0n) is 16.5. The molecule has 0 radical (unpaired) electrons. The van der Waals surface area contributed by atoms with Gasteiger partial charge in [-0.05, 0) is 45.3 Å². The Morgan fingerprint density at radius 1 is 0.903 bits per heavy atom. The first kappa shape index (κ1) is 22.9. The van der Waals surface area contributed by atoms with Gasteiger partial charge in [0.25, 0.3) is 0 Å². The molecule has 164 valence electrons. The molecular formula is C21H22N2O6S2. The van der Waals surface area contributed by atoms with Gasteiger partial charge in [0, 0.05) is 32.7 Å². The van der Waals surface area contributed by atoms with E-state index in [9.17, 15) is 8.42 Å². The molecule has 1 aliphatic heterocycles. The summed E-state index contributed by atoms with van der Waals surface area (Å²) in [5.74, 6) is -3.65. The fourth-order valence-corrected chi connectivity index (χ4v) is 5.36. The van der Waals surface area contributed by atoms with E-state index in [1.165, 1.54) is 5.56 Å². The molecule has 3 aromatic rings. The number of piperazine rings is 1. The van der Waals surface area contributed by atoms with Crippen LogP contribution in [-0.4, -0.2) is 66.0 Å². The second kappa shape index (κ2) is 10.0. The summed E-state index contributed by atoms with van der Waals surface area (Å²) in [4.78, 5) is 20.9. The Hall–Kier alpha value is -2.79. The molecule has 0 amide bonds. The van der Waals surface area contributed by atoms with E-state index in [-0.39, 0.29) is 0 Å². The first-order valence-electron chi connectivity index (χ1n) is 9.46. The first-order chi connectivity index (χ1) is 14.8. The molecule has 1 fully saturated rings. The van der Waals surface area contributed by atoms with Gasteiger partial charge in [0.15, 0.2) is 0 Å². The fraction of sp³-hybridized carbons (Fsp3) is 0.238. The molecular weight excluding hydrogens is 440 g/mol. The molecule has 0 aliphatic carbocycles. The molecule has 0 saturated carbocycles. The van der Waals surface area contributed by atoms with Crippen LogP contribution >= 0.6 is 11.3 Å². The molecule has 0 unspecified atom stereocenters. The predicted molar refractivity (Wildman–Crippen MR) is 118 cm³/mol. The molecule has 8 nitrogen and oxygen atoms in total. The normalized spacial score (nSPS) is 15.2. The van der Waals surface area contributed by atoms with Crippen LogP contribution in [0.1, 0.15) is 5.56 Å². The van der Waals surface area contributed by atoms with E-state index in [1.54, 1.807) is 27.8 Å². The summed E-state index contributed by atoms with van der Waals surface area (Å²) in [6, 6.07) is 15.4. The Morgan fingerprint density at radius 3 is 2.13 bits per heavy atom. The summed E-state index contributed by atoms with van der Waals surface area (Å²) in [5.41, 5.74) is 1.30. The van der Waals surface area contributed by atoms with Crippen molar-refractivity contribution in [3.63, 3.8) is 0 Å². The maximum absolute atomic E-state index is 13.0. The Bertz CT molecular complexity index is 1140. The van der Waals surface area contributed by atoms with E-state index in [4.69, 9.17) is 19.8 Å². The number of hydrogen-bond acceptors (Lipinski definition) is 6. The maximum Gasteiger partial charge on any atom is 0.414 e. The van der Waals surface area contributed by atoms with Gasteiger partial charge in [0.05, 0.1) is 4.90 Å². The standard InChI is InChI=1S/C19H20N2O2S2.C2H2O4/c22-25(23,19-6-5-17-3-1-2-4-18(17)13-19)21-10-8-20(9-11-21)14-16-7-12-24-15-16;3-1(4)2(5)6/h1-7,12-13,15H,8-11,14H2;(H,3,4)(H,5,6). The summed E-state index contributed by atoms with van der Waals surface area (Å²) >= 11 is 1.70. The number of sulfonamides is 1. The van der Waals surface area contributed by atoms with Crippen molar-refractivity contribution in [1.29, 1.82) is 0 Å². The van der Waals surface area contributed by atoms with Crippen molar-refractivity contribution < 1.29 is 28.2 Å². The Balaban J connectivity index is 0.000000401. The number of carboxylic acids is 2. The molecule has 2 heterocycles. The van der Waals surface area contributed by atoms with E-state index in [2.05, 4.69) is 21.7 Å². The van der Waals surface area contributed by atoms with Gasteiger partial charge in [-0.3, -0.25) is 4.90 Å². The summed E-state index contributed by atoms with van der Waals surface area (Å²) in [6.07, 6.45) is 0. The van der Waals surface area contributed by atoms with Crippen molar-refractivity contribution >= 4 is 44.1 Å². The van der Waals surface area contributed by atoms with Gasteiger partial charge in [-0.1, -0.05) is 30.3 Å². The third-order valence-electron chi connectivity index (χ3n) is 4.86. The zero-order chi connectivity index (χ0) is 22.4. The molecule has 1 aromatic heterocycles. The third kappa shape index (κ3) is 5.88. The lowest BCUT2D eigenvalue weighted by Crippen LogP contribution is -2.48. The number of carbonyl (C=O) groups is 2. The molecule has 10 heteroatoms. The molecule has 2 N–H and O–H groups in total. The van der Waals surface area contributed by atoms with Crippen LogP contribution in [0.25, 0.3) is 10.8 Å². The van der Waals surface area contributed by atoms with Crippen LogP contribution in [-0.2, 0) is 26.2 Å². The molecule has 1 aliphatic rings. The average molecular weight is 463 g/mol. The van der Waals surface area contributed by atoms with Gasteiger partial charge in [-0.15, -0.1) is 0 Å². The lowest BCUT2D eigenvalue weighted by atomic mass is 10.1. The van der Waals surface area contributed by atoms with Crippen LogP contribution < -0.4 is 0 Å². The minimum Gasteiger partial charge on any atom is -0.473 e. The van der Waals surface area contributed by atoms with E-state index in [0.29, 0.717) is 18.0 Å². The minimum absolute atomic E-state index is 0.387. The number of nitrogens with zero attached hydrogens (tertiary/aromatic N) is 2. The Labute approximate surface area is 184 Å². The molecule has 1 saturated heterocycles. The number of benzene rings is 2. The number of aliphatic carboxylic acids is 2. The summed E-state index contributed by atoms with van der Waals surface area (Å²) in [5, 5.41) is 21.0. The Kier molecular flexibility index (Phi) is 7.39. The fourth-order valence-electron chi connectivity index (χ4n) is 3.25. The van der Waals surface area contributed by atoms with Crippen LogP contribution in [0.15, 0.2) is 64.2 Å². The van der Waals surface area contributed by atoms with E-state index >= 15 is 0 Å². The van der Waals surface area contributed by atoms with Gasteiger partial charge in [-0.25, -0.2) is 18.0 Å².